The molecule has 286 valence electrons. The van der Waals surface area contributed by atoms with Crippen molar-refractivity contribution in [2.45, 2.75) is 132 Å². The number of hydrogen-bond acceptors (Lipinski definition) is 8. The Balaban J connectivity index is 1.22. The monoisotopic (exact) mass is 748 g/mol. The lowest BCUT2D eigenvalue weighted by Crippen LogP contribution is -2.59. The Morgan fingerprint density at radius 1 is 1.09 bits per heavy atom. The predicted molar refractivity (Wildman–Crippen MR) is 199 cm³/mol. The zero-order valence-corrected chi connectivity index (χ0v) is 31.8. The molecule has 1 aromatic heterocycles. The second-order valence-electron chi connectivity index (χ2n) is 16.0. The molecule has 13 nitrogen and oxygen atoms in total. The fraction of sp³-hybridized carbons (Fsp3) is 0.615. The number of unbranched alkanes of at least 4 members (excludes halogenated alkanes) is 1. The van der Waals surface area contributed by atoms with Gasteiger partial charge in [-0.15, -0.1) is 0 Å². The number of para-hydroxylation sites is 1. The van der Waals surface area contributed by atoms with Crippen LogP contribution in [-0.4, -0.2) is 83.1 Å². The summed E-state index contributed by atoms with van der Waals surface area (Å²) < 4.78 is 34.5. The number of aromatic nitrogens is 1. The Labute approximate surface area is 311 Å². The number of ether oxygens (including phenoxy) is 1. The number of benzene rings is 1. The van der Waals surface area contributed by atoms with Gasteiger partial charge in [0.25, 0.3) is 5.91 Å². The van der Waals surface area contributed by atoms with Gasteiger partial charge in [0, 0.05) is 29.8 Å². The van der Waals surface area contributed by atoms with Crippen LogP contribution < -0.4 is 25.4 Å². The van der Waals surface area contributed by atoms with Crippen LogP contribution in [0.2, 0.25) is 0 Å². The molecule has 4 N–H and O–H groups in total. The van der Waals surface area contributed by atoms with Gasteiger partial charge in [0.2, 0.25) is 21.8 Å². The van der Waals surface area contributed by atoms with Crippen LogP contribution in [0, 0.1) is 12.8 Å². The van der Waals surface area contributed by atoms with Crippen molar-refractivity contribution >= 4 is 44.7 Å². The molecule has 1 saturated heterocycles. The first kappa shape index (κ1) is 37.1. The second kappa shape index (κ2) is 14.2. The van der Waals surface area contributed by atoms with Gasteiger partial charge < -0.3 is 25.6 Å². The highest BCUT2D eigenvalue weighted by Gasteiger charge is 2.64. The number of rotatable bonds is 7. The molecule has 2 aromatic rings. The Hall–Kier alpha value is -4.20. The van der Waals surface area contributed by atoms with Crippen molar-refractivity contribution in [3.63, 3.8) is 0 Å². The topological polar surface area (TPSA) is 176 Å². The van der Waals surface area contributed by atoms with E-state index in [9.17, 15) is 27.6 Å². The molecule has 5 atom stereocenters. The fourth-order valence-electron chi connectivity index (χ4n) is 8.23. The molecular weight excluding hydrogens is 697 g/mol. The molecule has 7 rings (SSSR count). The van der Waals surface area contributed by atoms with E-state index in [0.717, 1.165) is 54.3 Å². The molecule has 3 fully saturated rings. The van der Waals surface area contributed by atoms with Crippen molar-refractivity contribution in [3.05, 3.63) is 47.7 Å². The maximum absolute atomic E-state index is 14.7. The van der Waals surface area contributed by atoms with Gasteiger partial charge in [-0.1, -0.05) is 56.5 Å². The molecule has 0 radical (unpaired) electrons. The maximum atomic E-state index is 14.7. The molecule has 5 amide bonds. The zero-order chi connectivity index (χ0) is 37.6. The lowest BCUT2D eigenvalue weighted by atomic mass is 9.87. The number of pyridine rings is 1. The number of carbonyl (C=O) groups excluding carboxylic acids is 4. The summed E-state index contributed by atoms with van der Waals surface area (Å²) in [5.74, 6) is -1.46. The second-order valence-corrected chi connectivity index (χ2v) is 18.2. The summed E-state index contributed by atoms with van der Waals surface area (Å²) >= 11 is 0. The van der Waals surface area contributed by atoms with Crippen LogP contribution in [0.15, 0.2) is 36.4 Å². The van der Waals surface area contributed by atoms with E-state index in [0.29, 0.717) is 50.8 Å². The first-order valence-electron chi connectivity index (χ1n) is 19.3. The van der Waals surface area contributed by atoms with Gasteiger partial charge in [0.1, 0.15) is 29.0 Å². The van der Waals surface area contributed by atoms with Crippen molar-refractivity contribution in [2.24, 2.45) is 5.92 Å². The van der Waals surface area contributed by atoms with E-state index in [-0.39, 0.29) is 19.4 Å². The van der Waals surface area contributed by atoms with E-state index in [1.807, 2.05) is 50.3 Å². The van der Waals surface area contributed by atoms with Crippen LogP contribution >= 0.6 is 0 Å². The van der Waals surface area contributed by atoms with Crippen molar-refractivity contribution < 1.29 is 32.3 Å². The van der Waals surface area contributed by atoms with Gasteiger partial charge >= 0.3 is 6.03 Å². The SMILES string of the molecule is CCCCNC(=O)N[C@H]1CCCCCC=C[C@@H]2C[C@@]2(C(=O)NS(=O)(=O)C2(C)CC2)NC(=O)[C@@H]2C[C@]3(CCc4c(c(C)nc5ccccc45)O3)CN2C1=O. The number of allylic oxidation sites excluding steroid dienone is 1. The third-order valence-electron chi connectivity index (χ3n) is 12.0. The van der Waals surface area contributed by atoms with E-state index >= 15 is 0 Å². The van der Waals surface area contributed by atoms with Crippen molar-refractivity contribution in [3.8, 4) is 5.75 Å². The Morgan fingerprint density at radius 2 is 1.89 bits per heavy atom. The minimum atomic E-state index is -3.97. The lowest BCUT2D eigenvalue weighted by molar-refractivity contribution is -0.141. The first-order valence-corrected chi connectivity index (χ1v) is 20.8. The number of carbonyl (C=O) groups is 4. The van der Waals surface area contributed by atoms with Gasteiger partial charge in [-0.2, -0.15) is 0 Å². The van der Waals surface area contributed by atoms with Crippen LogP contribution in [0.4, 0.5) is 4.79 Å². The molecule has 1 aromatic carbocycles. The molecule has 1 spiro atoms. The quantitative estimate of drug-likeness (QED) is 0.242. The van der Waals surface area contributed by atoms with E-state index in [1.165, 1.54) is 4.90 Å². The normalized spacial score (nSPS) is 29.4. The highest BCUT2D eigenvalue weighted by atomic mass is 32.2. The lowest BCUT2D eigenvalue weighted by Gasteiger charge is -2.36. The molecule has 4 heterocycles. The Bertz CT molecular complexity index is 1950. The number of amides is 5. The standard InChI is InChI=1S/C39H52N6O7S/c1-4-5-21-40-36(49)42-30-16-10-8-6-7-9-13-26-22-39(26,35(48)44-53(50,51)37(3)19-20-37)43-33(46)31-23-38(24-45(31)34(30)47)18-17-28-27-14-11-12-15-29(27)41-25(2)32(28)52-38/h9,11-15,26,30-31H,4-8,10,16-24H2,1-3H3,(H,43,46)(H,44,48)(H2,40,42,49)/t26-,30+,31+,38-,39-/m1/s1. The van der Waals surface area contributed by atoms with Crippen molar-refractivity contribution in [2.75, 3.05) is 13.1 Å². The number of sulfonamides is 1. The number of fused-ring (bicyclic) bond motifs is 5. The average molecular weight is 749 g/mol. The number of aryl methyl sites for hydroxylation is 2. The number of nitrogens with zero attached hydrogens (tertiary/aromatic N) is 2. The number of hydrogen-bond donors (Lipinski definition) is 4. The number of urea groups is 1. The summed E-state index contributed by atoms with van der Waals surface area (Å²) in [6.45, 7) is 6.11. The Kier molecular flexibility index (Phi) is 9.96. The van der Waals surface area contributed by atoms with Gasteiger partial charge in [-0.25, -0.2) is 18.2 Å². The molecule has 2 saturated carbocycles. The summed E-state index contributed by atoms with van der Waals surface area (Å²) in [6, 6.07) is 5.54. The molecule has 53 heavy (non-hydrogen) atoms. The molecule has 0 unspecified atom stereocenters. The smallest absolute Gasteiger partial charge is 0.315 e. The molecule has 14 heteroatoms. The van der Waals surface area contributed by atoms with Gasteiger partial charge in [-0.3, -0.25) is 19.1 Å². The maximum Gasteiger partial charge on any atom is 0.315 e. The van der Waals surface area contributed by atoms with Gasteiger partial charge in [0.15, 0.2) is 0 Å². The van der Waals surface area contributed by atoms with E-state index in [4.69, 9.17) is 9.72 Å². The third kappa shape index (κ3) is 7.23. The number of nitrogens with one attached hydrogen (secondary N) is 4. The minimum Gasteiger partial charge on any atom is -0.483 e. The summed E-state index contributed by atoms with van der Waals surface area (Å²) in [7, 11) is -3.97. The fourth-order valence-corrected chi connectivity index (χ4v) is 9.54. The molecule has 3 aliphatic heterocycles. The summed E-state index contributed by atoms with van der Waals surface area (Å²) in [5.41, 5.74) is 0.219. The molecule has 2 aliphatic carbocycles. The molecule has 0 bridgehead atoms. The van der Waals surface area contributed by atoms with E-state index in [2.05, 4.69) is 20.7 Å². The summed E-state index contributed by atoms with van der Waals surface area (Å²) in [4.78, 5) is 62.5. The highest BCUT2D eigenvalue weighted by molar-refractivity contribution is 7.91. The van der Waals surface area contributed by atoms with Crippen LogP contribution in [0.5, 0.6) is 5.75 Å². The van der Waals surface area contributed by atoms with Crippen molar-refractivity contribution in [1.82, 2.24) is 30.6 Å². The predicted octanol–water partition coefficient (Wildman–Crippen LogP) is 4.07. The van der Waals surface area contributed by atoms with Gasteiger partial charge in [-0.05, 0) is 77.7 Å². The highest BCUT2D eigenvalue weighted by Crippen LogP contribution is 2.49. The molecular formula is C39H52N6O7S. The van der Waals surface area contributed by atoms with E-state index < -0.39 is 67.7 Å². The van der Waals surface area contributed by atoms with Gasteiger partial charge in [0.05, 0.1) is 22.5 Å². The van der Waals surface area contributed by atoms with Crippen LogP contribution in [-0.2, 0) is 30.8 Å². The van der Waals surface area contributed by atoms with E-state index in [1.54, 1.807) is 6.92 Å². The summed E-state index contributed by atoms with van der Waals surface area (Å²) in [5, 5.41) is 9.71. The summed E-state index contributed by atoms with van der Waals surface area (Å²) in [6.07, 6.45) is 11.5. The van der Waals surface area contributed by atoms with Crippen molar-refractivity contribution in [1.29, 1.82) is 0 Å². The minimum absolute atomic E-state index is 0.0977. The first-order chi connectivity index (χ1) is 25.3. The largest absolute Gasteiger partial charge is 0.483 e. The van der Waals surface area contributed by atoms with Crippen LogP contribution in [0.3, 0.4) is 0 Å². The Morgan fingerprint density at radius 3 is 2.66 bits per heavy atom. The average Bonchev–Trinajstić information content (AvgIpc) is 4.02. The third-order valence-corrected chi connectivity index (χ3v) is 14.2. The molecule has 5 aliphatic rings. The van der Waals surface area contributed by atoms with Crippen LogP contribution in [0.25, 0.3) is 10.9 Å². The van der Waals surface area contributed by atoms with Crippen LogP contribution in [0.1, 0.15) is 102 Å². The zero-order valence-electron chi connectivity index (χ0n) is 31.0.